The van der Waals surface area contributed by atoms with Gasteiger partial charge in [0.05, 0.1) is 6.04 Å². The zero-order chi connectivity index (χ0) is 17.8. The Bertz CT molecular complexity index is 885. The minimum Gasteiger partial charge on any atom is -0.322 e. The zero-order valence-electron chi connectivity index (χ0n) is 14.6. The van der Waals surface area contributed by atoms with Crippen LogP contribution in [0.15, 0.2) is 48.5 Å². The molecule has 0 saturated carbocycles. The Morgan fingerprint density at radius 1 is 1.16 bits per heavy atom. The molecular formula is C19H21N5O. The summed E-state index contributed by atoms with van der Waals surface area (Å²) >= 11 is 0. The minimum absolute atomic E-state index is 0.138. The van der Waals surface area contributed by atoms with Gasteiger partial charge >= 0.3 is 0 Å². The molecule has 1 aromatic heterocycles. The number of para-hydroxylation sites is 1. The molecule has 0 radical (unpaired) electrons. The van der Waals surface area contributed by atoms with E-state index in [0.717, 1.165) is 23.2 Å². The number of carbonyl (C=O) groups excluding carboxylic acids is 1. The first-order chi connectivity index (χ1) is 12.1. The summed E-state index contributed by atoms with van der Waals surface area (Å²) < 4.78 is 1.74. The molecule has 1 heterocycles. The Hall–Kier alpha value is -3.02. The molecule has 0 spiro atoms. The highest BCUT2D eigenvalue weighted by Gasteiger charge is 2.14. The van der Waals surface area contributed by atoms with Crippen LogP contribution in [0.5, 0.6) is 0 Å². The number of aryl methyl sites for hydroxylation is 1. The smallest absolute Gasteiger partial charge is 0.255 e. The molecule has 25 heavy (non-hydrogen) atoms. The number of nitrogens with one attached hydrogen (secondary N) is 1. The molecule has 0 aliphatic carbocycles. The summed E-state index contributed by atoms with van der Waals surface area (Å²) in [4.78, 5) is 12.7. The summed E-state index contributed by atoms with van der Waals surface area (Å²) in [6.07, 6.45) is 0.861. The normalized spacial score (nSPS) is 10.9. The fourth-order valence-corrected chi connectivity index (χ4v) is 2.68. The molecule has 0 aliphatic heterocycles. The lowest BCUT2D eigenvalue weighted by atomic mass is 10.1. The summed E-state index contributed by atoms with van der Waals surface area (Å²) in [5.41, 5.74) is 3.33. The Labute approximate surface area is 146 Å². The van der Waals surface area contributed by atoms with Gasteiger partial charge in [-0.05, 0) is 54.5 Å². The van der Waals surface area contributed by atoms with Crippen molar-refractivity contribution in [3.05, 3.63) is 59.7 Å². The van der Waals surface area contributed by atoms with Crippen LogP contribution in [-0.4, -0.2) is 26.1 Å². The molecule has 0 atom stereocenters. The van der Waals surface area contributed by atoms with Crippen molar-refractivity contribution in [2.24, 2.45) is 0 Å². The van der Waals surface area contributed by atoms with Gasteiger partial charge < -0.3 is 5.32 Å². The predicted octanol–water partition coefficient (Wildman–Crippen LogP) is 3.74. The molecule has 0 bridgehead atoms. The third-order valence-electron chi connectivity index (χ3n) is 4.01. The standard InChI is InChI=1S/C19H21N5O/c1-4-14-8-5-6-11-17(14)20-19(25)16-10-7-9-15(12-16)18-21-22-23-24(18)13(2)3/h5-13H,4H2,1-3H3,(H,20,25). The van der Waals surface area contributed by atoms with E-state index in [1.54, 1.807) is 10.7 Å². The summed E-state index contributed by atoms with van der Waals surface area (Å²) in [6, 6.07) is 15.3. The van der Waals surface area contributed by atoms with E-state index in [9.17, 15) is 4.79 Å². The highest BCUT2D eigenvalue weighted by atomic mass is 16.1. The number of amides is 1. The first kappa shape index (κ1) is 16.8. The molecule has 1 amide bonds. The molecule has 2 aromatic carbocycles. The fourth-order valence-electron chi connectivity index (χ4n) is 2.68. The minimum atomic E-state index is -0.147. The maximum atomic E-state index is 12.7. The van der Waals surface area contributed by atoms with Gasteiger partial charge in [-0.1, -0.05) is 37.3 Å². The first-order valence-electron chi connectivity index (χ1n) is 8.37. The van der Waals surface area contributed by atoms with Crippen LogP contribution >= 0.6 is 0 Å². The summed E-state index contributed by atoms with van der Waals surface area (Å²) in [5.74, 6) is 0.505. The quantitative estimate of drug-likeness (QED) is 0.771. The van der Waals surface area contributed by atoms with Gasteiger partial charge in [0.2, 0.25) is 0 Å². The molecular weight excluding hydrogens is 314 g/mol. The van der Waals surface area contributed by atoms with Gasteiger partial charge in [-0.2, -0.15) is 0 Å². The number of rotatable bonds is 5. The van der Waals surface area contributed by atoms with E-state index < -0.39 is 0 Å². The molecule has 0 aliphatic rings. The fraction of sp³-hybridized carbons (Fsp3) is 0.263. The average Bonchev–Trinajstić information content (AvgIpc) is 3.12. The van der Waals surface area contributed by atoms with E-state index in [-0.39, 0.29) is 11.9 Å². The molecule has 0 fully saturated rings. The predicted molar refractivity (Wildman–Crippen MR) is 97.4 cm³/mol. The topological polar surface area (TPSA) is 72.7 Å². The van der Waals surface area contributed by atoms with Gasteiger partial charge in [-0.15, -0.1) is 5.10 Å². The van der Waals surface area contributed by atoms with Crippen molar-refractivity contribution in [2.75, 3.05) is 5.32 Å². The van der Waals surface area contributed by atoms with Crippen molar-refractivity contribution < 1.29 is 4.79 Å². The largest absolute Gasteiger partial charge is 0.322 e. The zero-order valence-corrected chi connectivity index (χ0v) is 14.6. The number of anilines is 1. The maximum Gasteiger partial charge on any atom is 0.255 e. The Balaban J connectivity index is 1.88. The number of tetrazole rings is 1. The Morgan fingerprint density at radius 2 is 1.96 bits per heavy atom. The molecule has 1 N–H and O–H groups in total. The van der Waals surface area contributed by atoms with Crippen LogP contribution in [0.2, 0.25) is 0 Å². The lowest BCUT2D eigenvalue weighted by Crippen LogP contribution is -2.13. The SMILES string of the molecule is CCc1ccccc1NC(=O)c1cccc(-c2nnnn2C(C)C)c1. The summed E-state index contributed by atoms with van der Waals surface area (Å²) in [6.45, 7) is 6.09. The van der Waals surface area contributed by atoms with Crippen LogP contribution in [-0.2, 0) is 6.42 Å². The number of carbonyl (C=O) groups is 1. The van der Waals surface area contributed by atoms with Gasteiger partial charge in [-0.25, -0.2) is 4.68 Å². The van der Waals surface area contributed by atoms with Gasteiger partial charge in [0.1, 0.15) is 0 Å². The second kappa shape index (κ2) is 7.25. The first-order valence-corrected chi connectivity index (χ1v) is 8.37. The van der Waals surface area contributed by atoms with Crippen molar-refractivity contribution in [1.82, 2.24) is 20.2 Å². The van der Waals surface area contributed by atoms with Crippen molar-refractivity contribution in [2.45, 2.75) is 33.2 Å². The van der Waals surface area contributed by atoms with E-state index in [4.69, 9.17) is 0 Å². The van der Waals surface area contributed by atoms with E-state index >= 15 is 0 Å². The number of hydrogen-bond acceptors (Lipinski definition) is 4. The highest BCUT2D eigenvalue weighted by molar-refractivity contribution is 6.05. The van der Waals surface area contributed by atoms with Crippen LogP contribution in [0.25, 0.3) is 11.4 Å². The third-order valence-corrected chi connectivity index (χ3v) is 4.01. The average molecular weight is 335 g/mol. The van der Waals surface area contributed by atoms with E-state index in [2.05, 4.69) is 27.8 Å². The van der Waals surface area contributed by atoms with Crippen LogP contribution < -0.4 is 5.32 Å². The van der Waals surface area contributed by atoms with E-state index in [1.165, 1.54) is 0 Å². The number of nitrogens with zero attached hydrogens (tertiary/aromatic N) is 4. The maximum absolute atomic E-state index is 12.7. The molecule has 6 nitrogen and oxygen atoms in total. The van der Waals surface area contributed by atoms with Crippen LogP contribution in [0, 0.1) is 0 Å². The van der Waals surface area contributed by atoms with Gasteiger partial charge in [0.25, 0.3) is 5.91 Å². The summed E-state index contributed by atoms with van der Waals surface area (Å²) in [5, 5.41) is 14.8. The molecule has 128 valence electrons. The molecule has 0 unspecified atom stereocenters. The number of aromatic nitrogens is 4. The van der Waals surface area contributed by atoms with Crippen LogP contribution in [0.4, 0.5) is 5.69 Å². The van der Waals surface area contributed by atoms with Crippen molar-refractivity contribution >= 4 is 11.6 Å². The van der Waals surface area contributed by atoms with Crippen molar-refractivity contribution in [3.63, 3.8) is 0 Å². The monoisotopic (exact) mass is 335 g/mol. The Kier molecular flexibility index (Phi) is 4.88. The third kappa shape index (κ3) is 3.57. The summed E-state index contributed by atoms with van der Waals surface area (Å²) in [7, 11) is 0. The van der Waals surface area contributed by atoms with Crippen molar-refractivity contribution in [1.29, 1.82) is 0 Å². The number of hydrogen-bond donors (Lipinski definition) is 1. The van der Waals surface area contributed by atoms with Gasteiger partial charge in [0.15, 0.2) is 5.82 Å². The second-order valence-electron chi connectivity index (χ2n) is 6.09. The number of benzene rings is 2. The Morgan fingerprint density at radius 3 is 2.72 bits per heavy atom. The highest BCUT2D eigenvalue weighted by Crippen LogP contribution is 2.21. The molecule has 6 heteroatoms. The van der Waals surface area contributed by atoms with E-state index in [0.29, 0.717) is 11.4 Å². The van der Waals surface area contributed by atoms with Crippen LogP contribution in [0.1, 0.15) is 42.7 Å². The van der Waals surface area contributed by atoms with Gasteiger partial charge in [-0.3, -0.25) is 4.79 Å². The lowest BCUT2D eigenvalue weighted by molar-refractivity contribution is 0.102. The molecule has 3 aromatic rings. The molecule has 3 rings (SSSR count). The second-order valence-corrected chi connectivity index (χ2v) is 6.09. The van der Waals surface area contributed by atoms with Crippen LogP contribution in [0.3, 0.4) is 0 Å². The van der Waals surface area contributed by atoms with E-state index in [1.807, 2.05) is 56.3 Å². The molecule has 0 saturated heterocycles. The van der Waals surface area contributed by atoms with Crippen molar-refractivity contribution in [3.8, 4) is 11.4 Å². The lowest BCUT2D eigenvalue weighted by Gasteiger charge is -2.11. The van der Waals surface area contributed by atoms with Gasteiger partial charge in [0, 0.05) is 16.8 Å².